The summed E-state index contributed by atoms with van der Waals surface area (Å²) in [7, 11) is 0. The van der Waals surface area contributed by atoms with Crippen LogP contribution >= 0.6 is 23.2 Å². The summed E-state index contributed by atoms with van der Waals surface area (Å²) in [5.41, 5.74) is 1.70. The first-order valence-corrected chi connectivity index (χ1v) is 9.71. The molecule has 0 saturated heterocycles. The van der Waals surface area contributed by atoms with E-state index >= 15 is 0 Å². The molecule has 0 radical (unpaired) electrons. The molecule has 4 nitrogen and oxygen atoms in total. The van der Waals surface area contributed by atoms with E-state index in [0.717, 1.165) is 18.4 Å². The van der Waals surface area contributed by atoms with E-state index in [1.807, 2.05) is 16.7 Å². The van der Waals surface area contributed by atoms with E-state index in [2.05, 4.69) is 6.92 Å². The first-order chi connectivity index (χ1) is 13.4. The Hall–Kier alpha value is -2.56. The molecule has 0 atom stereocenters. The Balaban J connectivity index is 2.38. The molecule has 144 valence electrons. The van der Waals surface area contributed by atoms with Crippen molar-refractivity contribution in [3.63, 3.8) is 0 Å². The first kappa shape index (κ1) is 20.2. The fourth-order valence-electron chi connectivity index (χ4n) is 3.17. The quantitative estimate of drug-likeness (QED) is 0.537. The van der Waals surface area contributed by atoms with Crippen LogP contribution in [0.5, 0.6) is 0 Å². The van der Waals surface area contributed by atoms with E-state index in [9.17, 15) is 14.7 Å². The van der Waals surface area contributed by atoms with Crippen molar-refractivity contribution in [3.05, 3.63) is 80.4 Å². The summed E-state index contributed by atoms with van der Waals surface area (Å²) < 4.78 is 1.90. The Morgan fingerprint density at radius 3 is 2.00 bits per heavy atom. The van der Waals surface area contributed by atoms with Gasteiger partial charge in [0.2, 0.25) is 0 Å². The Labute approximate surface area is 173 Å². The van der Waals surface area contributed by atoms with E-state index in [0.29, 0.717) is 33.5 Å². The number of carboxylic acid groups (broad SMARTS) is 1. The minimum Gasteiger partial charge on any atom is -0.477 e. The summed E-state index contributed by atoms with van der Waals surface area (Å²) in [6, 6.07) is 15.4. The van der Waals surface area contributed by atoms with Crippen molar-refractivity contribution in [1.29, 1.82) is 0 Å². The van der Waals surface area contributed by atoms with Crippen LogP contribution in [0, 0.1) is 0 Å². The van der Waals surface area contributed by atoms with Gasteiger partial charge >= 0.3 is 5.97 Å². The van der Waals surface area contributed by atoms with E-state index < -0.39 is 11.4 Å². The Morgan fingerprint density at radius 1 is 0.964 bits per heavy atom. The number of aromatic carboxylic acids is 1. The number of benzene rings is 2. The minimum absolute atomic E-state index is 0.240. The number of carboxylic acids is 1. The second-order valence-electron chi connectivity index (χ2n) is 6.44. The number of hydrogen-bond donors (Lipinski definition) is 1. The number of carbonyl (C=O) groups is 1. The lowest BCUT2D eigenvalue weighted by Gasteiger charge is -2.21. The smallest absolute Gasteiger partial charge is 0.341 e. The number of unbranched alkanes of at least 4 members (excludes halogenated alkanes) is 1. The lowest BCUT2D eigenvalue weighted by atomic mass is 10.0. The lowest BCUT2D eigenvalue weighted by Crippen LogP contribution is -2.22. The van der Waals surface area contributed by atoms with Gasteiger partial charge in [0.1, 0.15) is 5.56 Å². The Kier molecular flexibility index (Phi) is 6.22. The van der Waals surface area contributed by atoms with Crippen molar-refractivity contribution in [3.8, 4) is 22.5 Å². The second-order valence-corrected chi connectivity index (χ2v) is 7.31. The van der Waals surface area contributed by atoms with E-state index in [1.54, 1.807) is 36.4 Å². The van der Waals surface area contributed by atoms with Gasteiger partial charge in [-0.25, -0.2) is 4.79 Å². The molecule has 0 saturated carbocycles. The molecule has 0 aliphatic carbocycles. The number of aromatic nitrogens is 1. The number of rotatable bonds is 6. The highest BCUT2D eigenvalue weighted by Crippen LogP contribution is 2.30. The molecular weight excluding hydrogens is 397 g/mol. The molecule has 3 rings (SSSR count). The molecule has 0 bridgehead atoms. The molecule has 28 heavy (non-hydrogen) atoms. The van der Waals surface area contributed by atoms with Crippen molar-refractivity contribution in [1.82, 2.24) is 4.57 Å². The van der Waals surface area contributed by atoms with E-state index in [4.69, 9.17) is 23.2 Å². The fourth-order valence-corrected chi connectivity index (χ4v) is 3.42. The number of nitrogens with zero attached hydrogens (tertiary/aromatic N) is 1. The summed E-state index contributed by atoms with van der Waals surface area (Å²) in [5.74, 6) is -1.25. The lowest BCUT2D eigenvalue weighted by molar-refractivity contribution is 0.0695. The van der Waals surface area contributed by atoms with Crippen LogP contribution in [0.15, 0.2) is 59.4 Å². The van der Waals surface area contributed by atoms with Gasteiger partial charge in [-0.15, -0.1) is 0 Å². The molecule has 6 heteroatoms. The molecule has 1 heterocycles. The van der Waals surface area contributed by atoms with Crippen molar-refractivity contribution in [2.45, 2.75) is 26.3 Å². The molecule has 0 unspecified atom stereocenters. The average molecular weight is 416 g/mol. The van der Waals surface area contributed by atoms with Gasteiger partial charge < -0.3 is 9.67 Å². The van der Waals surface area contributed by atoms with Gasteiger partial charge in [0.05, 0.1) is 11.4 Å². The molecule has 3 aromatic rings. The third-order valence-corrected chi connectivity index (χ3v) is 5.02. The van der Waals surface area contributed by atoms with Crippen LogP contribution in [-0.4, -0.2) is 15.6 Å². The van der Waals surface area contributed by atoms with E-state index in [-0.39, 0.29) is 5.56 Å². The molecule has 0 fully saturated rings. The van der Waals surface area contributed by atoms with Crippen LogP contribution in [0.1, 0.15) is 30.1 Å². The summed E-state index contributed by atoms with van der Waals surface area (Å²) in [4.78, 5) is 24.7. The molecule has 0 amide bonds. The monoisotopic (exact) mass is 415 g/mol. The van der Waals surface area contributed by atoms with Gasteiger partial charge in [-0.3, -0.25) is 4.79 Å². The Morgan fingerprint density at radius 2 is 1.50 bits per heavy atom. The fraction of sp³-hybridized carbons (Fsp3) is 0.182. The van der Waals surface area contributed by atoms with Gasteiger partial charge in [-0.05, 0) is 41.8 Å². The second kappa shape index (κ2) is 8.63. The average Bonchev–Trinajstić information content (AvgIpc) is 2.67. The highest BCUT2D eigenvalue weighted by Gasteiger charge is 2.22. The largest absolute Gasteiger partial charge is 0.477 e. The number of pyridine rings is 1. The van der Waals surface area contributed by atoms with Crippen molar-refractivity contribution < 1.29 is 9.90 Å². The summed E-state index contributed by atoms with van der Waals surface area (Å²) in [5, 5.41) is 10.9. The molecule has 2 aromatic carbocycles. The van der Waals surface area contributed by atoms with Crippen molar-refractivity contribution >= 4 is 29.2 Å². The van der Waals surface area contributed by atoms with Crippen LogP contribution in [-0.2, 0) is 6.54 Å². The SMILES string of the molecule is CCCCn1c(-c2ccc(Cl)cc2)cc(=O)c(C(=O)O)c1-c1ccc(Cl)cc1. The molecule has 1 N–H and O–H groups in total. The maximum atomic E-state index is 12.8. The van der Waals surface area contributed by atoms with Crippen molar-refractivity contribution in [2.24, 2.45) is 0 Å². The van der Waals surface area contributed by atoms with Gasteiger partial charge in [0, 0.05) is 22.7 Å². The summed E-state index contributed by atoms with van der Waals surface area (Å²) in [6.07, 6.45) is 1.76. The topological polar surface area (TPSA) is 59.3 Å². The van der Waals surface area contributed by atoms with Crippen LogP contribution in [0.2, 0.25) is 10.0 Å². The minimum atomic E-state index is -1.25. The zero-order chi connectivity index (χ0) is 20.3. The third kappa shape index (κ3) is 4.13. The predicted octanol–water partition coefficient (Wildman–Crippen LogP) is 5.99. The van der Waals surface area contributed by atoms with Gasteiger partial charge in [-0.1, -0.05) is 60.8 Å². The molecular formula is C22H19Cl2NO3. The van der Waals surface area contributed by atoms with Crippen LogP contribution in [0.25, 0.3) is 22.5 Å². The molecule has 0 aliphatic rings. The Bertz CT molecular complexity index is 1050. The normalized spacial score (nSPS) is 10.8. The summed E-state index contributed by atoms with van der Waals surface area (Å²) in [6.45, 7) is 2.64. The van der Waals surface area contributed by atoms with Gasteiger partial charge in [0.25, 0.3) is 0 Å². The standard InChI is InChI=1S/C22H19Cl2NO3/c1-2-3-12-25-18(14-4-8-16(23)9-5-14)13-19(26)20(22(27)28)21(25)15-6-10-17(24)11-7-15/h4-11,13H,2-3,12H2,1H3,(H,27,28). The predicted molar refractivity (Wildman–Crippen MR) is 113 cm³/mol. The highest BCUT2D eigenvalue weighted by molar-refractivity contribution is 6.30. The maximum Gasteiger partial charge on any atom is 0.341 e. The third-order valence-electron chi connectivity index (χ3n) is 4.52. The molecule has 0 spiro atoms. The maximum absolute atomic E-state index is 12.8. The summed E-state index contributed by atoms with van der Waals surface area (Å²) >= 11 is 12.0. The van der Waals surface area contributed by atoms with Crippen LogP contribution in [0.3, 0.4) is 0 Å². The first-order valence-electron chi connectivity index (χ1n) is 8.95. The highest BCUT2D eigenvalue weighted by atomic mass is 35.5. The van der Waals surface area contributed by atoms with Crippen molar-refractivity contribution in [2.75, 3.05) is 0 Å². The zero-order valence-corrected chi connectivity index (χ0v) is 16.8. The molecule has 1 aromatic heterocycles. The van der Waals surface area contributed by atoms with Crippen LogP contribution in [0.4, 0.5) is 0 Å². The van der Waals surface area contributed by atoms with E-state index in [1.165, 1.54) is 6.07 Å². The number of hydrogen-bond acceptors (Lipinski definition) is 2. The zero-order valence-electron chi connectivity index (χ0n) is 15.3. The number of halogens is 2. The van der Waals surface area contributed by atoms with Gasteiger partial charge in [0.15, 0.2) is 5.43 Å². The van der Waals surface area contributed by atoms with Gasteiger partial charge in [-0.2, -0.15) is 0 Å². The molecule has 0 aliphatic heterocycles. The van der Waals surface area contributed by atoms with Crippen LogP contribution < -0.4 is 5.43 Å².